The van der Waals surface area contributed by atoms with Gasteiger partial charge in [0.1, 0.15) is 11.3 Å². The first kappa shape index (κ1) is 27.1. The summed E-state index contributed by atoms with van der Waals surface area (Å²) in [5, 5.41) is 15.9. The predicted octanol–water partition coefficient (Wildman–Crippen LogP) is 4.67. The number of amides is 1. The van der Waals surface area contributed by atoms with Crippen LogP contribution < -0.4 is 4.74 Å². The second-order valence-electron chi connectivity index (χ2n) is 9.51. The van der Waals surface area contributed by atoms with Crippen LogP contribution in [0.1, 0.15) is 39.5 Å². The Labute approximate surface area is 227 Å². The smallest absolute Gasteiger partial charge is 0.433 e. The summed E-state index contributed by atoms with van der Waals surface area (Å²) in [7, 11) is 1.50. The van der Waals surface area contributed by atoms with E-state index in [2.05, 4.69) is 15.0 Å². The van der Waals surface area contributed by atoms with Crippen LogP contribution in [0.5, 0.6) is 5.75 Å². The molecule has 4 aromatic rings. The number of rotatable bonds is 6. The van der Waals surface area contributed by atoms with Gasteiger partial charge in [-0.15, -0.1) is 11.3 Å². The minimum atomic E-state index is -4.72. The molecule has 0 aliphatic carbocycles. The lowest BCUT2D eigenvalue weighted by Gasteiger charge is -2.42. The number of benzene rings is 1. The number of fused-ring (bicyclic) bond motifs is 1. The van der Waals surface area contributed by atoms with Crippen LogP contribution in [0.3, 0.4) is 0 Å². The number of ether oxygens (including phenoxy) is 1. The molecular formula is C27H28F3N5O3S. The summed E-state index contributed by atoms with van der Waals surface area (Å²) in [5.74, 6) is 0.128. The Morgan fingerprint density at radius 1 is 1.23 bits per heavy atom. The minimum Gasteiger partial charge on any atom is -0.497 e. The highest BCUT2D eigenvalue weighted by atomic mass is 32.1. The fourth-order valence-electron chi connectivity index (χ4n) is 5.18. The maximum Gasteiger partial charge on any atom is 0.433 e. The molecule has 2 atom stereocenters. The van der Waals surface area contributed by atoms with Gasteiger partial charge < -0.3 is 14.7 Å². The number of aliphatic hydroxyl groups is 1. The molecule has 39 heavy (non-hydrogen) atoms. The molecule has 4 heterocycles. The lowest BCUT2D eigenvalue weighted by atomic mass is 10.0. The molecular weight excluding hydrogens is 531 g/mol. The van der Waals surface area contributed by atoms with Crippen molar-refractivity contribution in [2.45, 2.75) is 32.1 Å². The molecule has 1 fully saturated rings. The number of carbonyl (C=O) groups is 1. The molecule has 1 unspecified atom stereocenters. The molecule has 0 spiro atoms. The molecule has 3 aromatic heterocycles. The van der Waals surface area contributed by atoms with Gasteiger partial charge in [-0.3, -0.25) is 9.69 Å². The number of nitrogens with zero attached hydrogens (tertiary/aromatic N) is 5. The Kier molecular flexibility index (Phi) is 7.36. The van der Waals surface area contributed by atoms with Crippen LogP contribution in [-0.4, -0.2) is 74.8 Å². The highest BCUT2D eigenvalue weighted by Gasteiger charge is 2.39. The molecule has 1 aliphatic heterocycles. The first-order chi connectivity index (χ1) is 18.6. The van der Waals surface area contributed by atoms with E-state index in [0.29, 0.717) is 30.9 Å². The van der Waals surface area contributed by atoms with Gasteiger partial charge in [0.25, 0.3) is 5.91 Å². The monoisotopic (exact) mass is 559 g/mol. The number of halogens is 3. The molecule has 8 nitrogen and oxygen atoms in total. The number of piperazine rings is 1. The Bertz CT molecular complexity index is 1470. The number of hydrogen-bond acceptors (Lipinski definition) is 7. The van der Waals surface area contributed by atoms with E-state index in [1.54, 1.807) is 40.5 Å². The summed E-state index contributed by atoms with van der Waals surface area (Å²) < 4.78 is 48.7. The highest BCUT2D eigenvalue weighted by molar-refractivity contribution is 7.10. The summed E-state index contributed by atoms with van der Waals surface area (Å²) >= 11 is 1.56. The summed E-state index contributed by atoms with van der Waals surface area (Å²) in [5.41, 5.74) is -0.624. The SMILES string of the molecule is COc1ccc(-c2nc3c(C(=O)N4CCN(C(CO)c5cccs5)C[C@H]4C)cnn3c(C(F)(F)F)c2C)cc1. The van der Waals surface area contributed by atoms with Crippen LogP contribution >= 0.6 is 11.3 Å². The van der Waals surface area contributed by atoms with Crippen molar-refractivity contribution in [3.8, 4) is 17.0 Å². The second-order valence-corrected chi connectivity index (χ2v) is 10.5. The van der Waals surface area contributed by atoms with Gasteiger partial charge in [-0.2, -0.15) is 18.3 Å². The van der Waals surface area contributed by atoms with Crippen molar-refractivity contribution in [2.75, 3.05) is 33.4 Å². The predicted molar refractivity (Wildman–Crippen MR) is 141 cm³/mol. The summed E-state index contributed by atoms with van der Waals surface area (Å²) in [4.78, 5) is 23.0. The number of aliphatic hydroxyl groups excluding tert-OH is 1. The average Bonchev–Trinajstić information content (AvgIpc) is 3.58. The third kappa shape index (κ3) is 4.99. The zero-order chi connectivity index (χ0) is 27.9. The molecule has 0 radical (unpaired) electrons. The van der Waals surface area contributed by atoms with Gasteiger partial charge in [-0.25, -0.2) is 9.50 Å². The van der Waals surface area contributed by atoms with Gasteiger partial charge in [-0.1, -0.05) is 6.07 Å². The zero-order valence-corrected chi connectivity index (χ0v) is 22.5. The summed E-state index contributed by atoms with van der Waals surface area (Å²) in [6.45, 7) is 4.56. The molecule has 12 heteroatoms. The molecule has 5 rings (SSSR count). The Hall–Kier alpha value is -3.48. The number of alkyl halides is 3. The maximum atomic E-state index is 14.3. The van der Waals surface area contributed by atoms with Gasteiger partial charge >= 0.3 is 6.18 Å². The molecule has 1 saturated heterocycles. The van der Waals surface area contributed by atoms with Crippen LogP contribution in [0.2, 0.25) is 0 Å². The van der Waals surface area contributed by atoms with Crippen LogP contribution in [0, 0.1) is 6.92 Å². The summed E-state index contributed by atoms with van der Waals surface area (Å²) in [6.07, 6.45) is -3.56. The molecule has 1 aromatic carbocycles. The van der Waals surface area contributed by atoms with Crippen molar-refractivity contribution in [1.82, 2.24) is 24.4 Å². The fraction of sp³-hybridized carbons (Fsp3) is 0.370. The van der Waals surface area contributed by atoms with Crippen LogP contribution in [0.25, 0.3) is 16.9 Å². The van der Waals surface area contributed by atoms with E-state index in [1.165, 1.54) is 20.2 Å². The van der Waals surface area contributed by atoms with E-state index in [9.17, 15) is 23.1 Å². The van der Waals surface area contributed by atoms with Crippen molar-refractivity contribution in [3.05, 3.63) is 69.7 Å². The number of hydrogen-bond donors (Lipinski definition) is 1. The van der Waals surface area contributed by atoms with Crippen molar-refractivity contribution in [1.29, 1.82) is 0 Å². The third-order valence-electron chi connectivity index (χ3n) is 7.15. The van der Waals surface area contributed by atoms with Gasteiger partial charge in [-0.05, 0) is 49.6 Å². The minimum absolute atomic E-state index is 0.00697. The number of aromatic nitrogens is 3. The first-order valence-corrected chi connectivity index (χ1v) is 13.3. The van der Waals surface area contributed by atoms with Gasteiger partial charge in [0.15, 0.2) is 11.3 Å². The Morgan fingerprint density at radius 2 is 1.97 bits per heavy atom. The molecule has 1 aliphatic rings. The normalized spacial score (nSPS) is 17.5. The molecule has 206 valence electrons. The van der Waals surface area contributed by atoms with Crippen LogP contribution in [-0.2, 0) is 6.18 Å². The van der Waals surface area contributed by atoms with Crippen molar-refractivity contribution in [3.63, 3.8) is 0 Å². The van der Waals surface area contributed by atoms with Gasteiger partial charge in [0, 0.05) is 41.7 Å². The zero-order valence-electron chi connectivity index (χ0n) is 21.6. The lowest BCUT2D eigenvalue weighted by molar-refractivity contribution is -0.143. The maximum absolute atomic E-state index is 14.3. The van der Waals surface area contributed by atoms with Crippen LogP contribution in [0.15, 0.2) is 48.0 Å². The number of methoxy groups -OCH3 is 1. The van der Waals surface area contributed by atoms with E-state index in [0.717, 1.165) is 9.39 Å². The van der Waals surface area contributed by atoms with E-state index in [1.807, 2.05) is 24.4 Å². The topological polar surface area (TPSA) is 83.2 Å². The number of carbonyl (C=O) groups excluding carboxylic acids is 1. The molecule has 0 saturated carbocycles. The Balaban J connectivity index is 1.50. The van der Waals surface area contributed by atoms with E-state index in [-0.39, 0.29) is 41.2 Å². The fourth-order valence-corrected chi connectivity index (χ4v) is 6.03. The van der Waals surface area contributed by atoms with E-state index in [4.69, 9.17) is 4.74 Å². The highest BCUT2D eigenvalue weighted by Crippen LogP contribution is 2.37. The van der Waals surface area contributed by atoms with Crippen LogP contribution in [0.4, 0.5) is 13.2 Å². The third-order valence-corrected chi connectivity index (χ3v) is 8.12. The standard InChI is InChI=1S/C27H28F3N5O3S/c1-16-14-33(21(15-36)22-5-4-12-39-22)10-11-34(16)26(37)20-13-31-35-24(27(28,29)30)17(2)23(32-25(20)35)18-6-8-19(38-3)9-7-18/h4-9,12-13,16,21,36H,10-11,14-15H2,1-3H3/t16-,21?/m1/s1. The quantitative estimate of drug-likeness (QED) is 0.370. The van der Waals surface area contributed by atoms with Gasteiger partial charge in [0.2, 0.25) is 0 Å². The lowest BCUT2D eigenvalue weighted by Crippen LogP contribution is -2.55. The van der Waals surface area contributed by atoms with Crippen molar-refractivity contribution in [2.24, 2.45) is 0 Å². The van der Waals surface area contributed by atoms with Crippen molar-refractivity contribution < 1.29 is 27.8 Å². The Morgan fingerprint density at radius 3 is 2.56 bits per heavy atom. The first-order valence-electron chi connectivity index (χ1n) is 12.4. The largest absolute Gasteiger partial charge is 0.497 e. The van der Waals surface area contributed by atoms with E-state index < -0.39 is 17.8 Å². The second kappa shape index (κ2) is 10.6. The summed E-state index contributed by atoms with van der Waals surface area (Å²) in [6, 6.07) is 10.0. The average molecular weight is 560 g/mol. The number of thiophene rings is 1. The van der Waals surface area contributed by atoms with E-state index >= 15 is 0 Å². The molecule has 0 bridgehead atoms. The molecule has 1 N–H and O–H groups in total. The van der Waals surface area contributed by atoms with Gasteiger partial charge in [0.05, 0.1) is 31.6 Å². The molecule has 1 amide bonds. The van der Waals surface area contributed by atoms with Crippen molar-refractivity contribution >= 4 is 22.9 Å².